The van der Waals surface area contributed by atoms with E-state index < -0.39 is 67.7 Å². The summed E-state index contributed by atoms with van der Waals surface area (Å²) in [6, 6.07) is 1.37. The lowest BCUT2D eigenvalue weighted by Gasteiger charge is -2.16. The maximum atomic E-state index is 11.5. The zero-order valence-electron chi connectivity index (χ0n) is 27.4. The number of hydrogen-bond acceptors (Lipinski definition) is 13. The van der Waals surface area contributed by atoms with Crippen LogP contribution >= 0.6 is 0 Å². The third kappa shape index (κ3) is 19.6. The molecule has 272 valence electrons. The summed E-state index contributed by atoms with van der Waals surface area (Å²) in [6.07, 6.45) is 13.3. The number of ether oxygens (including phenoxy) is 1. The van der Waals surface area contributed by atoms with Crippen LogP contribution in [-0.4, -0.2) is 112 Å². The second-order valence-electron chi connectivity index (χ2n) is 11.4. The molecule has 2 rings (SSSR count). The van der Waals surface area contributed by atoms with Gasteiger partial charge in [-0.1, -0.05) is 70.4 Å². The summed E-state index contributed by atoms with van der Waals surface area (Å²) in [5, 5.41) is 70.7. The van der Waals surface area contributed by atoms with E-state index in [4.69, 9.17) is 41.1 Å². The molecule has 47 heavy (non-hydrogen) atoms. The zero-order valence-corrected chi connectivity index (χ0v) is 27.4. The van der Waals surface area contributed by atoms with Crippen LogP contribution in [0.1, 0.15) is 103 Å². The summed E-state index contributed by atoms with van der Waals surface area (Å²) in [4.78, 5) is 35.1. The quantitative estimate of drug-likeness (QED) is 0.0496. The number of aromatic nitrogens is 2. The maximum Gasteiger partial charge on any atom is 0.351 e. The average molecular weight is 676 g/mol. The number of aliphatic hydroxyl groups is 7. The van der Waals surface area contributed by atoms with Gasteiger partial charge in [-0.25, -0.2) is 4.79 Å². The highest BCUT2D eigenvalue weighted by Gasteiger charge is 2.43. The van der Waals surface area contributed by atoms with Crippen molar-refractivity contribution in [3.8, 4) is 0 Å². The van der Waals surface area contributed by atoms with Crippen LogP contribution < -0.4 is 11.4 Å². The zero-order chi connectivity index (χ0) is 35.6. The molecule has 15 heteroatoms. The number of carbonyl (C=O) groups excluding carboxylic acids is 1. The van der Waals surface area contributed by atoms with Gasteiger partial charge >= 0.3 is 11.7 Å². The Morgan fingerprint density at radius 2 is 1.51 bits per heavy atom. The minimum Gasteiger partial charge on any atom is -0.481 e. The summed E-state index contributed by atoms with van der Waals surface area (Å²) < 4.78 is 6.19. The van der Waals surface area contributed by atoms with Crippen LogP contribution in [0, 0.1) is 0 Å². The van der Waals surface area contributed by atoms with E-state index >= 15 is 0 Å². The summed E-state index contributed by atoms with van der Waals surface area (Å²) >= 11 is 0. The third-order valence-corrected chi connectivity index (χ3v) is 7.37. The lowest BCUT2D eigenvalue weighted by molar-refractivity contribution is -0.137. The van der Waals surface area contributed by atoms with Crippen LogP contribution in [0.3, 0.4) is 0 Å². The average Bonchev–Trinajstić information content (AvgIpc) is 3.34. The van der Waals surface area contributed by atoms with Gasteiger partial charge in [0.1, 0.15) is 42.4 Å². The Kier molecular flexibility index (Phi) is 25.6. The summed E-state index contributed by atoms with van der Waals surface area (Å²) in [5.41, 5.74) is 4.63. The van der Waals surface area contributed by atoms with Crippen molar-refractivity contribution in [3.05, 3.63) is 34.9 Å². The molecule has 0 aliphatic carbocycles. The Morgan fingerprint density at radius 3 is 1.98 bits per heavy atom. The molecule has 1 fully saturated rings. The molecule has 1 aliphatic heterocycles. The number of nitrogens with two attached hydrogens (primary N) is 1. The van der Waals surface area contributed by atoms with Crippen LogP contribution in [0.15, 0.2) is 29.2 Å². The number of nitrogen functional groups attached to an aromatic ring is 1. The largest absolute Gasteiger partial charge is 0.481 e. The molecule has 10 N–H and O–H groups in total. The molecule has 1 aliphatic rings. The Morgan fingerprint density at radius 1 is 0.957 bits per heavy atom. The minimum atomic E-state index is -1.64. The molecule has 0 radical (unpaired) electrons. The highest BCUT2D eigenvalue weighted by atomic mass is 16.6. The van der Waals surface area contributed by atoms with Crippen LogP contribution in [0.25, 0.3) is 0 Å². The first kappa shape index (κ1) is 44.2. The first-order valence-corrected chi connectivity index (χ1v) is 16.4. The van der Waals surface area contributed by atoms with E-state index in [0.29, 0.717) is 6.42 Å². The normalized spacial score (nSPS) is 20.9. The number of hydrogen-bond donors (Lipinski definition) is 9. The number of carboxylic acid groups (broad SMARTS) is 1. The lowest BCUT2D eigenvalue weighted by atomic mass is 10.1. The van der Waals surface area contributed by atoms with E-state index in [9.17, 15) is 24.6 Å². The number of carbonyl (C=O) groups is 2. The molecular formula is C32H57N3O12. The van der Waals surface area contributed by atoms with Crippen molar-refractivity contribution < 1.29 is 55.2 Å². The topological polar surface area (TPSA) is 266 Å². The second kappa shape index (κ2) is 27.2. The maximum absolute atomic E-state index is 11.5. The number of allylic oxidation sites excluding steroid dienone is 2. The third-order valence-electron chi connectivity index (χ3n) is 7.37. The Labute approximate surface area is 276 Å². The van der Waals surface area contributed by atoms with Crippen molar-refractivity contribution in [1.82, 2.24) is 9.55 Å². The second-order valence-corrected chi connectivity index (χ2v) is 11.4. The van der Waals surface area contributed by atoms with Crippen molar-refractivity contribution >= 4 is 18.1 Å². The number of aldehydes is 1. The van der Waals surface area contributed by atoms with Gasteiger partial charge in [0, 0.05) is 12.6 Å². The molecule has 3 unspecified atom stereocenters. The summed E-state index contributed by atoms with van der Waals surface area (Å²) in [7, 11) is 0. The SMILES string of the molecule is CCCCCCCC/C=C/CCCCCCCC(=O)O.Nc1ccn([C@@H]2O[C@H](CO)[C@@H](O)[C@H]2O)c(=O)n1.O=CC(O)C(O)C(O)CO. The number of unbranched alkanes of at least 4 members (excludes halogenated alkanes) is 11. The summed E-state index contributed by atoms with van der Waals surface area (Å²) in [6.45, 7) is 1.12. The van der Waals surface area contributed by atoms with Crippen LogP contribution in [-0.2, 0) is 14.3 Å². The Hall–Kier alpha value is -2.76. The number of aliphatic carboxylic acids is 1. The highest BCUT2D eigenvalue weighted by Crippen LogP contribution is 2.28. The van der Waals surface area contributed by atoms with Crippen molar-refractivity contribution in [2.24, 2.45) is 0 Å². The standard InChI is InChI=1S/C18H34O2.C9H13N3O5.C5H10O5/c1-2-3-4-5-6-7-8-9-10-11-12-13-14-15-16-17-18(19)20;10-5-1-2-12(9(16)11-5)8-7(15)6(14)4(3-13)17-8;6-1-3(8)5(10)4(9)2-7/h9-10H,2-8,11-17H2,1H3,(H,19,20);1-2,4,6-8,13-15H,3H2,(H2,10,11,16);1,3-5,7-10H,2H2/b10-9+;;/t;4-,6-,7-,8-;/m.1./s1. The van der Waals surface area contributed by atoms with Crippen molar-refractivity contribution in [2.75, 3.05) is 18.9 Å². The Bertz CT molecular complexity index is 1040. The smallest absolute Gasteiger partial charge is 0.351 e. The molecule has 1 aromatic heterocycles. The molecule has 7 atom stereocenters. The number of anilines is 1. The molecule has 0 bridgehead atoms. The van der Waals surface area contributed by atoms with Crippen LogP contribution in [0.2, 0.25) is 0 Å². The number of aliphatic hydroxyl groups excluding tert-OH is 7. The lowest BCUT2D eigenvalue weighted by Crippen LogP contribution is -2.40. The molecule has 1 aromatic rings. The number of carboxylic acids is 1. The Balaban J connectivity index is 0.000000712. The molecule has 1 saturated heterocycles. The predicted octanol–water partition coefficient (Wildman–Crippen LogP) is 0.806. The predicted molar refractivity (Wildman–Crippen MR) is 174 cm³/mol. The van der Waals surface area contributed by atoms with Gasteiger partial charge < -0.3 is 56.1 Å². The van der Waals surface area contributed by atoms with Crippen molar-refractivity contribution in [1.29, 1.82) is 0 Å². The number of rotatable bonds is 21. The first-order valence-electron chi connectivity index (χ1n) is 16.4. The highest BCUT2D eigenvalue weighted by molar-refractivity contribution is 5.66. The van der Waals surface area contributed by atoms with Gasteiger partial charge in [-0.15, -0.1) is 0 Å². The first-order chi connectivity index (χ1) is 22.4. The molecule has 2 heterocycles. The van der Waals surface area contributed by atoms with E-state index in [1.54, 1.807) is 0 Å². The van der Waals surface area contributed by atoms with Gasteiger partial charge in [-0.2, -0.15) is 4.98 Å². The summed E-state index contributed by atoms with van der Waals surface area (Å²) in [5.74, 6) is -0.611. The van der Waals surface area contributed by atoms with Crippen molar-refractivity contribution in [3.63, 3.8) is 0 Å². The molecular weight excluding hydrogens is 618 g/mol. The fourth-order valence-corrected chi connectivity index (χ4v) is 4.49. The van der Waals surface area contributed by atoms with Crippen molar-refractivity contribution in [2.45, 2.75) is 140 Å². The molecule has 0 saturated carbocycles. The van der Waals surface area contributed by atoms with E-state index in [-0.39, 0.29) is 12.1 Å². The van der Waals surface area contributed by atoms with Crippen LogP contribution in [0.5, 0.6) is 0 Å². The van der Waals surface area contributed by atoms with Gasteiger partial charge in [0.2, 0.25) is 0 Å². The van der Waals surface area contributed by atoms with Gasteiger partial charge in [-0.05, 0) is 38.2 Å². The van der Waals surface area contributed by atoms with Gasteiger partial charge in [-0.3, -0.25) is 9.36 Å². The fourth-order valence-electron chi connectivity index (χ4n) is 4.49. The molecule has 15 nitrogen and oxygen atoms in total. The molecule has 0 aromatic carbocycles. The van der Waals surface area contributed by atoms with E-state index in [0.717, 1.165) is 17.4 Å². The molecule has 0 amide bonds. The monoisotopic (exact) mass is 675 g/mol. The molecule has 0 spiro atoms. The van der Waals surface area contributed by atoms with E-state index in [2.05, 4.69) is 24.1 Å². The van der Waals surface area contributed by atoms with Gasteiger partial charge in [0.15, 0.2) is 12.5 Å². The fraction of sp³-hybridized carbons (Fsp3) is 0.750. The van der Waals surface area contributed by atoms with Crippen LogP contribution in [0.4, 0.5) is 5.82 Å². The van der Waals surface area contributed by atoms with Gasteiger partial charge in [0.25, 0.3) is 0 Å². The van der Waals surface area contributed by atoms with E-state index in [1.807, 2.05) is 0 Å². The minimum absolute atomic E-state index is 0.0537. The number of nitrogens with zero attached hydrogens (tertiary/aromatic N) is 2. The van der Waals surface area contributed by atoms with Gasteiger partial charge in [0.05, 0.1) is 13.2 Å². The van der Waals surface area contributed by atoms with E-state index in [1.165, 1.54) is 82.9 Å².